The van der Waals surface area contributed by atoms with Crippen molar-refractivity contribution in [2.75, 3.05) is 18.8 Å². The Bertz CT molecular complexity index is 689. The number of nitrogen functional groups attached to an aromatic ring is 1. The lowest BCUT2D eigenvalue weighted by Gasteiger charge is -2.08. The van der Waals surface area contributed by atoms with Gasteiger partial charge in [-0.05, 0) is 25.9 Å². The molecule has 0 amide bonds. The van der Waals surface area contributed by atoms with Gasteiger partial charge in [0.15, 0.2) is 4.96 Å². The summed E-state index contributed by atoms with van der Waals surface area (Å²) in [5.74, 6) is 0.415. The predicted octanol–water partition coefficient (Wildman–Crippen LogP) is 2.19. The first-order chi connectivity index (χ1) is 10.3. The topological polar surface area (TPSA) is 81.1 Å². The van der Waals surface area contributed by atoms with Crippen molar-refractivity contribution in [3.8, 4) is 11.4 Å². The van der Waals surface area contributed by atoms with Gasteiger partial charge in [0, 0.05) is 11.6 Å². The number of hydrogen-bond donors (Lipinski definition) is 2. The summed E-state index contributed by atoms with van der Waals surface area (Å²) < 4.78 is 1.97. The molecular weight excluding hydrogens is 284 g/mol. The van der Waals surface area contributed by atoms with Gasteiger partial charge in [-0.2, -0.15) is 0 Å². The van der Waals surface area contributed by atoms with Crippen molar-refractivity contribution in [3.05, 3.63) is 30.2 Å². The van der Waals surface area contributed by atoms with Gasteiger partial charge in [0.1, 0.15) is 11.5 Å². The monoisotopic (exact) mass is 302 g/mol. The van der Waals surface area contributed by atoms with E-state index in [1.54, 1.807) is 23.7 Å². The molecule has 110 valence electrons. The van der Waals surface area contributed by atoms with Crippen molar-refractivity contribution in [3.63, 3.8) is 0 Å². The summed E-state index contributed by atoms with van der Waals surface area (Å²) in [6, 6.07) is 0. The second-order valence-electron chi connectivity index (χ2n) is 4.84. The molecule has 3 aromatic rings. The van der Waals surface area contributed by atoms with Crippen LogP contribution < -0.4 is 11.1 Å². The molecule has 4 rings (SSSR count). The lowest BCUT2D eigenvalue weighted by atomic mass is 10.2. The summed E-state index contributed by atoms with van der Waals surface area (Å²) >= 11 is 1.58. The molecule has 4 heterocycles. The molecule has 0 spiro atoms. The average molecular weight is 302 g/mol. The van der Waals surface area contributed by atoms with Gasteiger partial charge in [-0.1, -0.05) is 6.42 Å². The van der Waals surface area contributed by atoms with Crippen molar-refractivity contribution in [2.45, 2.75) is 19.3 Å². The number of nitrogens with two attached hydrogens (primary N) is 1. The van der Waals surface area contributed by atoms with E-state index >= 15 is 0 Å². The van der Waals surface area contributed by atoms with Gasteiger partial charge in [0.2, 0.25) is 0 Å². The maximum Gasteiger partial charge on any atom is 0.194 e. The summed E-state index contributed by atoms with van der Waals surface area (Å²) in [5, 5.41) is 5.26. The molecule has 0 unspecified atom stereocenters. The summed E-state index contributed by atoms with van der Waals surface area (Å²) in [6.07, 6.45) is 11.1. The van der Waals surface area contributed by atoms with Crippen LogP contribution in [0.25, 0.3) is 16.3 Å². The zero-order chi connectivity index (χ0) is 14.5. The minimum absolute atomic E-state index is 0.415. The minimum Gasteiger partial charge on any atom is -0.382 e. The summed E-state index contributed by atoms with van der Waals surface area (Å²) in [5.41, 5.74) is 7.23. The smallest absolute Gasteiger partial charge is 0.194 e. The van der Waals surface area contributed by atoms with Crippen molar-refractivity contribution in [1.29, 1.82) is 0 Å². The molecule has 0 radical (unpaired) electrons. The lowest BCUT2D eigenvalue weighted by molar-refractivity contribution is 0.520. The molecule has 3 aromatic heterocycles. The molecular formula is C14H18N6S. The normalized spacial score (nSPS) is 14.7. The molecule has 1 aliphatic heterocycles. The van der Waals surface area contributed by atoms with E-state index in [0.29, 0.717) is 5.82 Å². The fourth-order valence-corrected chi connectivity index (χ4v) is 2.91. The van der Waals surface area contributed by atoms with Crippen LogP contribution in [-0.2, 0) is 0 Å². The molecule has 1 aliphatic rings. The van der Waals surface area contributed by atoms with Gasteiger partial charge in [-0.3, -0.25) is 9.38 Å². The van der Waals surface area contributed by atoms with Crippen molar-refractivity contribution < 1.29 is 0 Å². The Morgan fingerprint density at radius 2 is 2.00 bits per heavy atom. The van der Waals surface area contributed by atoms with E-state index in [9.17, 15) is 0 Å². The fourth-order valence-electron chi connectivity index (χ4n) is 2.22. The molecule has 0 aliphatic carbocycles. The van der Waals surface area contributed by atoms with Crippen molar-refractivity contribution >= 4 is 22.1 Å². The van der Waals surface area contributed by atoms with E-state index in [4.69, 9.17) is 5.73 Å². The highest BCUT2D eigenvalue weighted by atomic mass is 32.1. The van der Waals surface area contributed by atoms with Gasteiger partial charge in [-0.15, -0.1) is 11.3 Å². The second kappa shape index (κ2) is 6.64. The number of aromatic nitrogens is 4. The fraction of sp³-hybridized carbons (Fsp3) is 0.357. The number of fused-ring (bicyclic) bond motifs is 1. The van der Waals surface area contributed by atoms with E-state index in [-0.39, 0.29) is 0 Å². The third-order valence-electron chi connectivity index (χ3n) is 3.27. The Hall–Kier alpha value is -1.99. The molecule has 3 N–H and O–H groups in total. The Labute approximate surface area is 127 Å². The van der Waals surface area contributed by atoms with Gasteiger partial charge in [0.05, 0.1) is 24.3 Å². The zero-order valence-electron chi connectivity index (χ0n) is 11.7. The van der Waals surface area contributed by atoms with E-state index in [1.807, 2.05) is 16.0 Å². The molecule has 21 heavy (non-hydrogen) atoms. The van der Waals surface area contributed by atoms with Gasteiger partial charge in [0.25, 0.3) is 0 Å². The predicted molar refractivity (Wildman–Crippen MR) is 85.2 cm³/mol. The highest BCUT2D eigenvalue weighted by Gasteiger charge is 2.07. The van der Waals surface area contributed by atoms with Crippen LogP contribution in [0.1, 0.15) is 19.3 Å². The number of hydrogen-bond acceptors (Lipinski definition) is 6. The van der Waals surface area contributed by atoms with Crippen LogP contribution in [0.5, 0.6) is 0 Å². The van der Waals surface area contributed by atoms with E-state index in [2.05, 4.69) is 20.3 Å². The number of nitrogens with one attached hydrogen (secondary N) is 1. The van der Waals surface area contributed by atoms with Gasteiger partial charge >= 0.3 is 0 Å². The minimum atomic E-state index is 0.415. The van der Waals surface area contributed by atoms with Crippen LogP contribution in [0.15, 0.2) is 30.2 Å². The van der Waals surface area contributed by atoms with E-state index in [1.165, 1.54) is 38.5 Å². The number of nitrogens with zero attached hydrogens (tertiary/aromatic N) is 4. The molecule has 1 saturated heterocycles. The Balaban J connectivity index is 0.000000186. The quantitative estimate of drug-likeness (QED) is 0.720. The SMILES string of the molecule is C1CCNCC1.Nc1cncc(-c2cnc3sccn23)n1. The number of piperidine rings is 1. The number of imidazole rings is 1. The molecule has 0 saturated carbocycles. The molecule has 0 atom stereocenters. The molecule has 7 heteroatoms. The summed E-state index contributed by atoms with van der Waals surface area (Å²) in [7, 11) is 0. The molecule has 6 nitrogen and oxygen atoms in total. The van der Waals surface area contributed by atoms with Gasteiger partial charge < -0.3 is 11.1 Å². The number of rotatable bonds is 1. The number of anilines is 1. The maximum absolute atomic E-state index is 5.58. The largest absolute Gasteiger partial charge is 0.382 e. The maximum atomic E-state index is 5.58. The van der Waals surface area contributed by atoms with Crippen molar-refractivity contribution in [2.24, 2.45) is 0 Å². The number of thiazole rings is 1. The lowest BCUT2D eigenvalue weighted by Crippen LogP contribution is -2.21. The Morgan fingerprint density at radius 1 is 1.14 bits per heavy atom. The van der Waals surface area contributed by atoms with E-state index < -0.39 is 0 Å². The second-order valence-corrected chi connectivity index (χ2v) is 5.71. The van der Waals surface area contributed by atoms with Crippen LogP contribution >= 0.6 is 11.3 Å². The molecule has 0 aromatic carbocycles. The third-order valence-corrected chi connectivity index (χ3v) is 4.04. The van der Waals surface area contributed by atoms with Crippen LogP contribution in [-0.4, -0.2) is 32.4 Å². The first kappa shape index (κ1) is 14.0. The highest BCUT2D eigenvalue weighted by molar-refractivity contribution is 7.15. The summed E-state index contributed by atoms with van der Waals surface area (Å²) in [6.45, 7) is 2.50. The van der Waals surface area contributed by atoms with Crippen LogP contribution in [0.3, 0.4) is 0 Å². The van der Waals surface area contributed by atoms with Crippen LogP contribution in [0.2, 0.25) is 0 Å². The molecule has 0 bridgehead atoms. The Morgan fingerprint density at radius 3 is 2.67 bits per heavy atom. The van der Waals surface area contributed by atoms with Crippen molar-refractivity contribution in [1.82, 2.24) is 24.7 Å². The first-order valence-electron chi connectivity index (χ1n) is 7.04. The summed E-state index contributed by atoms with van der Waals surface area (Å²) in [4.78, 5) is 13.4. The van der Waals surface area contributed by atoms with E-state index in [0.717, 1.165) is 16.3 Å². The van der Waals surface area contributed by atoms with Gasteiger partial charge in [-0.25, -0.2) is 9.97 Å². The molecule has 1 fully saturated rings. The zero-order valence-corrected chi connectivity index (χ0v) is 12.5. The average Bonchev–Trinajstić information content (AvgIpc) is 3.12. The van der Waals surface area contributed by atoms with Crippen LogP contribution in [0.4, 0.5) is 5.82 Å². The third kappa shape index (κ3) is 3.37. The van der Waals surface area contributed by atoms with Crippen LogP contribution in [0, 0.1) is 0 Å². The highest BCUT2D eigenvalue weighted by Crippen LogP contribution is 2.21. The first-order valence-corrected chi connectivity index (χ1v) is 7.92. The Kier molecular flexibility index (Phi) is 4.42. The standard InChI is InChI=1S/C9H7N5S.C5H11N/c10-8-5-11-3-6(13-8)7-4-12-9-14(7)1-2-15-9;1-2-4-6-5-3-1/h1-5H,(H2,10,13);6H,1-5H2.